The molecule has 1 fully saturated rings. The summed E-state index contributed by atoms with van der Waals surface area (Å²) in [7, 11) is 0. The smallest absolute Gasteiger partial charge is 0.113 e. The highest BCUT2D eigenvalue weighted by Crippen LogP contribution is 2.11. The largest absolute Gasteiger partial charge is 0.328 e. The third-order valence-electron chi connectivity index (χ3n) is 2.69. The van der Waals surface area contributed by atoms with E-state index in [1.165, 1.54) is 0 Å². The molecule has 0 saturated carbocycles. The zero-order valence-corrected chi connectivity index (χ0v) is 8.51. The van der Waals surface area contributed by atoms with E-state index < -0.39 is 6.17 Å². The van der Waals surface area contributed by atoms with Gasteiger partial charge < -0.3 is 10.6 Å². The highest BCUT2D eigenvalue weighted by atomic mass is 19.1. The number of piperidine rings is 1. The molecule has 3 heteroatoms. The summed E-state index contributed by atoms with van der Waals surface area (Å²) in [5.41, 5.74) is 5.77. The Balaban J connectivity index is 2.14. The summed E-state index contributed by atoms with van der Waals surface area (Å²) in [6.45, 7) is 4.59. The molecule has 0 bridgehead atoms. The lowest BCUT2D eigenvalue weighted by Crippen LogP contribution is -2.42. The Morgan fingerprint density at radius 2 is 2.08 bits per heavy atom. The molecule has 0 radical (unpaired) electrons. The Bertz CT molecular complexity index is 133. The predicted octanol–water partition coefficient (Wildman–Crippen LogP) is 1.55. The van der Waals surface area contributed by atoms with E-state index in [0.717, 1.165) is 32.4 Å². The van der Waals surface area contributed by atoms with Crippen molar-refractivity contribution in [3.63, 3.8) is 0 Å². The van der Waals surface area contributed by atoms with E-state index in [9.17, 15) is 4.39 Å². The Labute approximate surface area is 80.3 Å². The van der Waals surface area contributed by atoms with Crippen molar-refractivity contribution in [3.8, 4) is 0 Å². The minimum Gasteiger partial charge on any atom is -0.328 e. The van der Waals surface area contributed by atoms with Crippen LogP contribution in [0.1, 0.15) is 32.6 Å². The molecule has 2 N–H and O–H groups in total. The minimum absolute atomic E-state index is 0.348. The van der Waals surface area contributed by atoms with Crippen LogP contribution < -0.4 is 5.73 Å². The van der Waals surface area contributed by atoms with E-state index in [1.807, 2.05) is 6.92 Å². The van der Waals surface area contributed by atoms with Crippen molar-refractivity contribution in [1.29, 1.82) is 0 Å². The van der Waals surface area contributed by atoms with Crippen LogP contribution in [0.25, 0.3) is 0 Å². The Morgan fingerprint density at radius 3 is 2.62 bits per heavy atom. The Kier molecular flexibility index (Phi) is 4.67. The van der Waals surface area contributed by atoms with E-state index in [0.29, 0.717) is 19.0 Å². The second-order valence-corrected chi connectivity index (χ2v) is 4.02. The van der Waals surface area contributed by atoms with Crippen LogP contribution in [0.2, 0.25) is 0 Å². The van der Waals surface area contributed by atoms with Crippen molar-refractivity contribution in [2.45, 2.75) is 44.8 Å². The number of likely N-dealkylation sites (tertiary alicyclic amines) is 1. The van der Waals surface area contributed by atoms with Gasteiger partial charge in [-0.25, -0.2) is 4.39 Å². The fourth-order valence-corrected chi connectivity index (χ4v) is 1.82. The molecule has 1 atom stereocenters. The van der Waals surface area contributed by atoms with Crippen molar-refractivity contribution in [1.82, 2.24) is 4.90 Å². The van der Waals surface area contributed by atoms with Crippen molar-refractivity contribution >= 4 is 0 Å². The average Bonchev–Trinajstić information content (AvgIpc) is 2.09. The molecule has 1 aliphatic heterocycles. The first-order valence-corrected chi connectivity index (χ1v) is 5.34. The molecule has 0 aromatic carbocycles. The molecule has 0 spiro atoms. The van der Waals surface area contributed by atoms with E-state index in [2.05, 4.69) is 4.90 Å². The van der Waals surface area contributed by atoms with Crippen LogP contribution in [0.5, 0.6) is 0 Å². The fraction of sp³-hybridized carbons (Fsp3) is 1.00. The highest BCUT2D eigenvalue weighted by Gasteiger charge is 2.18. The topological polar surface area (TPSA) is 29.3 Å². The SMILES string of the molecule is CCCC(F)CN1CCC(N)CC1. The lowest BCUT2D eigenvalue weighted by atomic mass is 10.1. The normalized spacial score (nSPS) is 23.3. The van der Waals surface area contributed by atoms with Gasteiger partial charge in [-0.15, -0.1) is 0 Å². The fourth-order valence-electron chi connectivity index (χ4n) is 1.82. The summed E-state index contributed by atoms with van der Waals surface area (Å²) in [6.07, 6.45) is 3.05. The van der Waals surface area contributed by atoms with Crippen LogP contribution in [0.4, 0.5) is 4.39 Å². The quantitative estimate of drug-likeness (QED) is 0.725. The van der Waals surface area contributed by atoms with Gasteiger partial charge >= 0.3 is 0 Å². The third-order valence-corrected chi connectivity index (χ3v) is 2.69. The van der Waals surface area contributed by atoms with Gasteiger partial charge in [-0.05, 0) is 32.4 Å². The summed E-state index contributed by atoms with van der Waals surface area (Å²) in [4.78, 5) is 2.20. The van der Waals surface area contributed by atoms with Gasteiger partial charge in [0, 0.05) is 12.6 Å². The summed E-state index contributed by atoms with van der Waals surface area (Å²) >= 11 is 0. The molecule has 0 amide bonds. The molecule has 1 rings (SSSR count). The van der Waals surface area contributed by atoms with Gasteiger partial charge in [0.05, 0.1) is 0 Å². The van der Waals surface area contributed by atoms with Crippen LogP contribution in [-0.4, -0.2) is 36.7 Å². The Hall–Kier alpha value is -0.150. The van der Waals surface area contributed by atoms with Crippen LogP contribution in [0.3, 0.4) is 0 Å². The van der Waals surface area contributed by atoms with Gasteiger partial charge in [-0.1, -0.05) is 13.3 Å². The summed E-state index contributed by atoms with van der Waals surface area (Å²) in [5.74, 6) is 0. The minimum atomic E-state index is -0.640. The molecule has 2 nitrogen and oxygen atoms in total. The number of alkyl halides is 1. The van der Waals surface area contributed by atoms with Crippen LogP contribution in [0, 0.1) is 0 Å². The molecular formula is C10H21FN2. The zero-order valence-electron chi connectivity index (χ0n) is 8.51. The van der Waals surface area contributed by atoms with E-state index in [-0.39, 0.29) is 0 Å². The van der Waals surface area contributed by atoms with Gasteiger partial charge in [0.15, 0.2) is 0 Å². The molecule has 78 valence electrons. The molecule has 1 heterocycles. The number of halogens is 1. The number of hydrogen-bond donors (Lipinski definition) is 1. The molecule has 1 aliphatic rings. The van der Waals surface area contributed by atoms with Crippen molar-refractivity contribution in [2.75, 3.05) is 19.6 Å². The summed E-state index contributed by atoms with van der Waals surface area (Å²) in [6, 6.07) is 0.348. The number of nitrogens with zero attached hydrogens (tertiary/aromatic N) is 1. The maximum absolute atomic E-state index is 13.2. The lowest BCUT2D eigenvalue weighted by Gasteiger charge is -2.30. The standard InChI is InChI=1S/C10H21FN2/c1-2-3-9(11)8-13-6-4-10(12)5-7-13/h9-10H,2-8,12H2,1H3. The van der Waals surface area contributed by atoms with E-state index in [1.54, 1.807) is 0 Å². The summed E-state index contributed by atoms with van der Waals surface area (Å²) < 4.78 is 13.2. The first-order chi connectivity index (χ1) is 6.22. The number of hydrogen-bond acceptors (Lipinski definition) is 2. The van der Waals surface area contributed by atoms with E-state index in [4.69, 9.17) is 5.73 Å². The van der Waals surface area contributed by atoms with Crippen LogP contribution in [-0.2, 0) is 0 Å². The third kappa shape index (κ3) is 4.05. The molecule has 0 aromatic rings. The van der Waals surface area contributed by atoms with Gasteiger partial charge in [0.1, 0.15) is 6.17 Å². The molecule has 0 aliphatic carbocycles. The average molecular weight is 188 g/mol. The molecule has 0 aromatic heterocycles. The Morgan fingerprint density at radius 1 is 1.46 bits per heavy atom. The maximum atomic E-state index is 13.2. The summed E-state index contributed by atoms with van der Waals surface area (Å²) in [5, 5.41) is 0. The lowest BCUT2D eigenvalue weighted by molar-refractivity contribution is 0.152. The predicted molar refractivity (Wildman–Crippen MR) is 53.5 cm³/mol. The maximum Gasteiger partial charge on any atom is 0.113 e. The van der Waals surface area contributed by atoms with Gasteiger partial charge in [-0.3, -0.25) is 0 Å². The van der Waals surface area contributed by atoms with Crippen LogP contribution in [0.15, 0.2) is 0 Å². The number of rotatable bonds is 4. The van der Waals surface area contributed by atoms with Gasteiger partial charge in [0.2, 0.25) is 0 Å². The second-order valence-electron chi connectivity index (χ2n) is 4.02. The number of nitrogens with two attached hydrogens (primary N) is 1. The molecule has 13 heavy (non-hydrogen) atoms. The molecule has 1 unspecified atom stereocenters. The van der Waals surface area contributed by atoms with Gasteiger partial charge in [0.25, 0.3) is 0 Å². The molecular weight excluding hydrogens is 167 g/mol. The zero-order chi connectivity index (χ0) is 9.68. The first-order valence-electron chi connectivity index (χ1n) is 5.34. The van der Waals surface area contributed by atoms with Crippen LogP contribution >= 0.6 is 0 Å². The second kappa shape index (κ2) is 5.55. The van der Waals surface area contributed by atoms with Crippen molar-refractivity contribution in [2.24, 2.45) is 5.73 Å². The highest BCUT2D eigenvalue weighted by molar-refractivity contribution is 4.75. The van der Waals surface area contributed by atoms with Crippen molar-refractivity contribution in [3.05, 3.63) is 0 Å². The molecule has 1 saturated heterocycles. The van der Waals surface area contributed by atoms with E-state index >= 15 is 0 Å². The van der Waals surface area contributed by atoms with Crippen molar-refractivity contribution < 1.29 is 4.39 Å². The monoisotopic (exact) mass is 188 g/mol. The van der Waals surface area contributed by atoms with Gasteiger partial charge in [-0.2, -0.15) is 0 Å². The first kappa shape index (κ1) is 10.9.